The highest BCUT2D eigenvalue weighted by Crippen LogP contribution is 2.27. The molecule has 3 rings (SSSR count). The number of halogens is 2. The van der Waals surface area contributed by atoms with Crippen LogP contribution in [-0.2, 0) is 0 Å². The number of amides is 1. The van der Waals surface area contributed by atoms with Crippen LogP contribution in [0.15, 0.2) is 48.8 Å². The lowest BCUT2D eigenvalue weighted by Gasteiger charge is -2.14. The Morgan fingerprint density at radius 2 is 1.84 bits per heavy atom. The standard InChI is InChI=1S/C21H22Cl2N6O2/c1-2-3-10-31-15-7-5-14(6-8-15)27-19-18(24)20(26-12-25-19)28-29-21(30)16-9-4-13(22)11-17(16)23/h4-9,11-12H,2-3,10,24H2,1H3,(H,29,30)(H2,25,26,27,28). The van der Waals surface area contributed by atoms with Gasteiger partial charge in [0, 0.05) is 10.7 Å². The van der Waals surface area contributed by atoms with Crippen molar-refractivity contribution in [3.05, 3.63) is 64.4 Å². The molecule has 8 nitrogen and oxygen atoms in total. The number of ether oxygens (including phenoxy) is 1. The third-order valence-corrected chi connectivity index (χ3v) is 4.79. The third kappa shape index (κ3) is 6.13. The van der Waals surface area contributed by atoms with Crippen molar-refractivity contribution < 1.29 is 9.53 Å². The van der Waals surface area contributed by atoms with Gasteiger partial charge in [-0.25, -0.2) is 9.97 Å². The number of nitrogens with one attached hydrogen (secondary N) is 3. The Morgan fingerprint density at radius 1 is 1.10 bits per heavy atom. The molecule has 0 fully saturated rings. The van der Waals surface area contributed by atoms with E-state index in [9.17, 15) is 4.79 Å². The summed E-state index contributed by atoms with van der Waals surface area (Å²) in [7, 11) is 0. The lowest BCUT2D eigenvalue weighted by molar-refractivity contribution is 0.0962. The highest BCUT2D eigenvalue weighted by atomic mass is 35.5. The Hall–Kier alpha value is -3.23. The van der Waals surface area contributed by atoms with Crippen molar-refractivity contribution in [2.24, 2.45) is 0 Å². The highest BCUT2D eigenvalue weighted by molar-refractivity contribution is 6.36. The van der Waals surface area contributed by atoms with Crippen molar-refractivity contribution in [2.75, 3.05) is 23.1 Å². The van der Waals surface area contributed by atoms with Crippen LogP contribution in [0.1, 0.15) is 30.1 Å². The van der Waals surface area contributed by atoms with Crippen molar-refractivity contribution in [3.63, 3.8) is 0 Å². The number of hydrogen-bond acceptors (Lipinski definition) is 7. The van der Waals surface area contributed by atoms with Gasteiger partial charge in [0.25, 0.3) is 5.91 Å². The van der Waals surface area contributed by atoms with Crippen LogP contribution in [0.4, 0.5) is 23.0 Å². The second kappa shape index (κ2) is 10.7. The van der Waals surface area contributed by atoms with Crippen LogP contribution >= 0.6 is 23.2 Å². The van der Waals surface area contributed by atoms with Crippen molar-refractivity contribution in [1.29, 1.82) is 0 Å². The van der Waals surface area contributed by atoms with Gasteiger partial charge in [0.05, 0.1) is 17.2 Å². The number of carbonyl (C=O) groups excluding carboxylic acids is 1. The zero-order chi connectivity index (χ0) is 22.2. The molecule has 3 aromatic rings. The molecule has 0 bridgehead atoms. The Bertz CT molecular complexity index is 1050. The molecular weight excluding hydrogens is 439 g/mol. The number of unbranched alkanes of at least 4 members (excludes halogenated alkanes) is 1. The molecule has 10 heteroatoms. The third-order valence-electron chi connectivity index (χ3n) is 4.24. The maximum absolute atomic E-state index is 12.4. The average Bonchev–Trinajstić information content (AvgIpc) is 2.75. The predicted octanol–water partition coefficient (Wildman–Crippen LogP) is 5.05. The van der Waals surface area contributed by atoms with Gasteiger partial charge < -0.3 is 15.8 Å². The van der Waals surface area contributed by atoms with E-state index in [0.717, 1.165) is 24.3 Å². The SMILES string of the molecule is CCCCOc1ccc(Nc2ncnc(NNC(=O)c3ccc(Cl)cc3Cl)c2N)cc1. The molecule has 1 amide bonds. The molecule has 1 heterocycles. The molecule has 0 radical (unpaired) electrons. The molecule has 0 unspecified atom stereocenters. The number of hydrogen-bond donors (Lipinski definition) is 4. The predicted molar refractivity (Wildman–Crippen MR) is 124 cm³/mol. The van der Waals surface area contributed by atoms with Gasteiger partial charge in [-0.2, -0.15) is 0 Å². The van der Waals surface area contributed by atoms with E-state index in [0.29, 0.717) is 17.4 Å². The first-order chi connectivity index (χ1) is 15.0. The van der Waals surface area contributed by atoms with Gasteiger partial charge in [0.1, 0.15) is 17.8 Å². The summed E-state index contributed by atoms with van der Waals surface area (Å²) >= 11 is 11.9. The second-order valence-electron chi connectivity index (χ2n) is 6.54. The molecule has 0 aliphatic rings. The summed E-state index contributed by atoms with van der Waals surface area (Å²) in [6.45, 7) is 2.80. The number of carbonyl (C=O) groups is 1. The van der Waals surface area contributed by atoms with Crippen LogP contribution in [-0.4, -0.2) is 22.5 Å². The van der Waals surface area contributed by atoms with Gasteiger partial charge in [0.15, 0.2) is 11.6 Å². The van der Waals surface area contributed by atoms with E-state index in [1.165, 1.54) is 18.5 Å². The highest BCUT2D eigenvalue weighted by Gasteiger charge is 2.13. The van der Waals surface area contributed by atoms with E-state index in [-0.39, 0.29) is 22.1 Å². The first-order valence-electron chi connectivity index (χ1n) is 9.59. The number of anilines is 4. The zero-order valence-electron chi connectivity index (χ0n) is 16.8. The minimum atomic E-state index is -0.465. The molecule has 1 aromatic heterocycles. The van der Waals surface area contributed by atoms with E-state index < -0.39 is 5.91 Å². The number of hydrazine groups is 1. The second-order valence-corrected chi connectivity index (χ2v) is 7.38. The van der Waals surface area contributed by atoms with Crippen LogP contribution in [0.3, 0.4) is 0 Å². The molecule has 0 aliphatic carbocycles. The molecule has 2 aromatic carbocycles. The van der Waals surface area contributed by atoms with Crippen LogP contribution in [0.25, 0.3) is 0 Å². The lowest BCUT2D eigenvalue weighted by Crippen LogP contribution is -2.30. The topological polar surface area (TPSA) is 114 Å². The van der Waals surface area contributed by atoms with Crippen molar-refractivity contribution >= 4 is 52.1 Å². The Balaban J connectivity index is 1.64. The molecule has 0 aliphatic heterocycles. The van der Waals surface area contributed by atoms with Crippen molar-refractivity contribution in [2.45, 2.75) is 19.8 Å². The van der Waals surface area contributed by atoms with Crippen molar-refractivity contribution in [3.8, 4) is 5.75 Å². The van der Waals surface area contributed by atoms with E-state index in [1.54, 1.807) is 6.07 Å². The van der Waals surface area contributed by atoms with Crippen LogP contribution in [0, 0.1) is 0 Å². The largest absolute Gasteiger partial charge is 0.494 e. The maximum Gasteiger partial charge on any atom is 0.271 e. The van der Waals surface area contributed by atoms with Gasteiger partial charge in [-0.15, -0.1) is 0 Å². The maximum atomic E-state index is 12.4. The van der Waals surface area contributed by atoms with Gasteiger partial charge in [-0.1, -0.05) is 36.5 Å². The molecule has 0 atom stereocenters. The molecule has 31 heavy (non-hydrogen) atoms. The number of rotatable bonds is 9. The lowest BCUT2D eigenvalue weighted by atomic mass is 10.2. The summed E-state index contributed by atoms with van der Waals surface area (Å²) in [5, 5.41) is 3.79. The number of aromatic nitrogens is 2. The summed E-state index contributed by atoms with van der Waals surface area (Å²) in [6, 6.07) is 12.0. The Labute approximate surface area is 190 Å². The zero-order valence-corrected chi connectivity index (χ0v) is 18.3. The molecule has 0 spiro atoms. The number of benzene rings is 2. The fourth-order valence-corrected chi connectivity index (χ4v) is 3.05. The summed E-state index contributed by atoms with van der Waals surface area (Å²) in [5.41, 5.74) is 12.6. The quantitative estimate of drug-likeness (QED) is 0.261. The molecule has 0 saturated heterocycles. The average molecular weight is 461 g/mol. The van der Waals surface area contributed by atoms with Crippen LogP contribution in [0.5, 0.6) is 5.75 Å². The van der Waals surface area contributed by atoms with Gasteiger partial charge in [-0.3, -0.25) is 15.6 Å². The van der Waals surface area contributed by atoms with Gasteiger partial charge >= 0.3 is 0 Å². The van der Waals surface area contributed by atoms with Crippen LogP contribution < -0.4 is 26.6 Å². The summed E-state index contributed by atoms with van der Waals surface area (Å²) in [4.78, 5) is 20.6. The Morgan fingerprint density at radius 3 is 2.55 bits per heavy atom. The summed E-state index contributed by atoms with van der Waals surface area (Å²) < 4.78 is 5.66. The summed E-state index contributed by atoms with van der Waals surface area (Å²) in [5.74, 6) is 0.944. The first kappa shape index (κ1) is 22.5. The molecule has 0 saturated carbocycles. The minimum absolute atomic E-state index is 0.229. The van der Waals surface area contributed by atoms with Gasteiger partial charge in [0.2, 0.25) is 0 Å². The van der Waals surface area contributed by atoms with Gasteiger partial charge in [-0.05, 0) is 48.9 Å². The normalized spacial score (nSPS) is 10.4. The van der Waals surface area contributed by atoms with Crippen LogP contribution in [0.2, 0.25) is 10.0 Å². The number of nitrogens with zero attached hydrogens (tertiary/aromatic N) is 2. The fourth-order valence-electron chi connectivity index (χ4n) is 2.56. The molecular formula is C21H22Cl2N6O2. The fraction of sp³-hybridized carbons (Fsp3) is 0.190. The van der Waals surface area contributed by atoms with E-state index in [2.05, 4.69) is 33.1 Å². The van der Waals surface area contributed by atoms with Crippen molar-refractivity contribution in [1.82, 2.24) is 15.4 Å². The monoisotopic (exact) mass is 460 g/mol. The molecule has 162 valence electrons. The molecule has 5 N–H and O–H groups in total. The summed E-state index contributed by atoms with van der Waals surface area (Å²) in [6.07, 6.45) is 3.41. The first-order valence-corrected chi connectivity index (χ1v) is 10.3. The van der Waals surface area contributed by atoms with E-state index in [4.69, 9.17) is 33.7 Å². The minimum Gasteiger partial charge on any atom is -0.494 e. The Kier molecular flexibility index (Phi) is 7.75. The van der Waals surface area contributed by atoms with E-state index in [1.807, 2.05) is 24.3 Å². The van der Waals surface area contributed by atoms with E-state index >= 15 is 0 Å². The smallest absolute Gasteiger partial charge is 0.271 e. The number of nitrogen functional groups attached to an aromatic ring is 1. The number of nitrogens with two attached hydrogens (primary N) is 1.